The second-order valence-electron chi connectivity index (χ2n) is 4.18. The Kier molecular flexibility index (Phi) is 3.82. The lowest BCUT2D eigenvalue weighted by Crippen LogP contribution is -2.30. The first-order valence-corrected chi connectivity index (χ1v) is 6.47. The molecule has 1 amide bonds. The SMILES string of the molecule is CNC(=O)C1CCN(c2ncc(Br)cc2C#N)C1. The summed E-state index contributed by atoms with van der Waals surface area (Å²) in [5, 5.41) is 11.8. The van der Waals surface area contributed by atoms with Crippen LogP contribution in [-0.2, 0) is 4.79 Å². The van der Waals surface area contributed by atoms with Gasteiger partial charge in [-0.3, -0.25) is 4.79 Å². The van der Waals surface area contributed by atoms with Gasteiger partial charge >= 0.3 is 0 Å². The first-order valence-electron chi connectivity index (χ1n) is 5.68. The van der Waals surface area contributed by atoms with E-state index in [1.807, 2.05) is 4.90 Å². The van der Waals surface area contributed by atoms with Gasteiger partial charge in [0.25, 0.3) is 0 Å². The van der Waals surface area contributed by atoms with Crippen LogP contribution >= 0.6 is 15.9 Å². The van der Waals surface area contributed by atoms with Crippen LogP contribution in [-0.4, -0.2) is 31.0 Å². The predicted octanol–water partition coefficient (Wildman–Crippen LogP) is 1.29. The summed E-state index contributed by atoms with van der Waals surface area (Å²) in [5.41, 5.74) is 0.530. The van der Waals surface area contributed by atoms with E-state index in [1.165, 1.54) is 0 Å². The van der Waals surface area contributed by atoms with Crippen LogP contribution in [0.4, 0.5) is 5.82 Å². The van der Waals surface area contributed by atoms with E-state index in [1.54, 1.807) is 19.3 Å². The molecule has 1 aliphatic rings. The maximum Gasteiger partial charge on any atom is 0.224 e. The molecule has 0 radical (unpaired) electrons. The van der Waals surface area contributed by atoms with Crippen LogP contribution in [0.2, 0.25) is 0 Å². The summed E-state index contributed by atoms with van der Waals surface area (Å²) in [7, 11) is 1.64. The van der Waals surface area contributed by atoms with Crippen molar-refractivity contribution in [2.45, 2.75) is 6.42 Å². The number of anilines is 1. The normalized spacial score (nSPS) is 18.5. The summed E-state index contributed by atoms with van der Waals surface area (Å²) in [5.74, 6) is 0.687. The molecule has 1 aromatic rings. The van der Waals surface area contributed by atoms with Gasteiger partial charge in [0, 0.05) is 30.8 Å². The van der Waals surface area contributed by atoms with E-state index in [0.717, 1.165) is 17.4 Å². The van der Waals surface area contributed by atoms with Crippen molar-refractivity contribution in [2.24, 2.45) is 5.92 Å². The first kappa shape index (κ1) is 12.8. The number of carbonyl (C=O) groups is 1. The van der Waals surface area contributed by atoms with Crippen molar-refractivity contribution < 1.29 is 4.79 Å². The second kappa shape index (κ2) is 5.36. The molecule has 1 atom stereocenters. The molecule has 0 saturated carbocycles. The lowest BCUT2D eigenvalue weighted by Gasteiger charge is -2.18. The number of amides is 1. The van der Waals surface area contributed by atoms with E-state index in [4.69, 9.17) is 5.26 Å². The summed E-state index contributed by atoms with van der Waals surface area (Å²) >= 11 is 3.30. The Balaban J connectivity index is 2.20. The van der Waals surface area contributed by atoms with Gasteiger partial charge in [0.1, 0.15) is 11.9 Å². The number of rotatable bonds is 2. The molecule has 1 unspecified atom stereocenters. The van der Waals surface area contributed by atoms with Crippen molar-refractivity contribution >= 4 is 27.7 Å². The zero-order valence-corrected chi connectivity index (χ0v) is 11.6. The molecule has 0 bridgehead atoms. The Labute approximate surface area is 114 Å². The molecule has 2 heterocycles. The highest BCUT2D eigenvalue weighted by Crippen LogP contribution is 2.26. The molecule has 0 aliphatic carbocycles. The van der Waals surface area contributed by atoms with Gasteiger partial charge in [0.05, 0.1) is 11.5 Å². The molecule has 1 fully saturated rings. The quantitative estimate of drug-likeness (QED) is 0.894. The van der Waals surface area contributed by atoms with Crippen LogP contribution in [0.5, 0.6) is 0 Å². The van der Waals surface area contributed by atoms with E-state index in [2.05, 4.69) is 32.3 Å². The number of carbonyl (C=O) groups excluding carboxylic acids is 1. The number of nitrogens with zero attached hydrogens (tertiary/aromatic N) is 3. The number of aromatic nitrogens is 1. The molecule has 0 aromatic carbocycles. The number of hydrogen-bond donors (Lipinski definition) is 1. The van der Waals surface area contributed by atoms with Crippen LogP contribution in [0.15, 0.2) is 16.7 Å². The average molecular weight is 309 g/mol. The van der Waals surface area contributed by atoms with Crippen molar-refractivity contribution in [1.82, 2.24) is 10.3 Å². The molecule has 18 heavy (non-hydrogen) atoms. The van der Waals surface area contributed by atoms with Crippen molar-refractivity contribution in [2.75, 3.05) is 25.0 Å². The molecule has 1 aromatic heterocycles. The van der Waals surface area contributed by atoms with E-state index in [0.29, 0.717) is 17.9 Å². The Morgan fingerprint density at radius 3 is 3.17 bits per heavy atom. The molecule has 1 N–H and O–H groups in total. The highest BCUT2D eigenvalue weighted by Gasteiger charge is 2.29. The van der Waals surface area contributed by atoms with Crippen LogP contribution in [0.1, 0.15) is 12.0 Å². The van der Waals surface area contributed by atoms with E-state index in [9.17, 15) is 4.79 Å². The number of nitrogens with one attached hydrogen (secondary N) is 1. The molecule has 2 rings (SSSR count). The van der Waals surface area contributed by atoms with Gasteiger partial charge in [-0.15, -0.1) is 0 Å². The lowest BCUT2D eigenvalue weighted by atomic mass is 10.1. The fourth-order valence-corrected chi connectivity index (χ4v) is 2.47. The summed E-state index contributed by atoms with van der Waals surface area (Å²) in [4.78, 5) is 17.8. The third kappa shape index (κ3) is 2.46. The van der Waals surface area contributed by atoms with Crippen molar-refractivity contribution in [3.05, 3.63) is 22.3 Å². The minimum absolute atomic E-state index is 0.0213. The third-order valence-electron chi connectivity index (χ3n) is 3.06. The first-order chi connectivity index (χ1) is 8.65. The van der Waals surface area contributed by atoms with E-state index in [-0.39, 0.29) is 11.8 Å². The summed E-state index contributed by atoms with van der Waals surface area (Å²) in [6.45, 7) is 1.37. The molecular formula is C12H13BrN4O. The summed E-state index contributed by atoms with van der Waals surface area (Å²) in [6, 6.07) is 3.88. The molecule has 94 valence electrons. The summed E-state index contributed by atoms with van der Waals surface area (Å²) in [6.07, 6.45) is 2.46. The van der Waals surface area contributed by atoms with Gasteiger partial charge in [-0.2, -0.15) is 5.26 Å². The van der Waals surface area contributed by atoms with Crippen LogP contribution in [0, 0.1) is 17.2 Å². The van der Waals surface area contributed by atoms with E-state index < -0.39 is 0 Å². The Hall–Kier alpha value is -1.61. The second-order valence-corrected chi connectivity index (χ2v) is 5.10. The van der Waals surface area contributed by atoms with Crippen molar-refractivity contribution in [3.63, 3.8) is 0 Å². The topological polar surface area (TPSA) is 69.0 Å². The number of pyridine rings is 1. The third-order valence-corrected chi connectivity index (χ3v) is 3.49. The smallest absolute Gasteiger partial charge is 0.224 e. The molecule has 0 spiro atoms. The van der Waals surface area contributed by atoms with Crippen LogP contribution in [0.25, 0.3) is 0 Å². The van der Waals surface area contributed by atoms with Crippen LogP contribution < -0.4 is 10.2 Å². The van der Waals surface area contributed by atoms with Crippen molar-refractivity contribution in [1.29, 1.82) is 5.26 Å². The van der Waals surface area contributed by atoms with Gasteiger partial charge in [0.2, 0.25) is 5.91 Å². The maximum absolute atomic E-state index is 11.6. The molecule has 6 heteroatoms. The highest BCUT2D eigenvalue weighted by molar-refractivity contribution is 9.10. The monoisotopic (exact) mass is 308 g/mol. The molecular weight excluding hydrogens is 296 g/mol. The molecule has 5 nitrogen and oxygen atoms in total. The number of halogens is 1. The predicted molar refractivity (Wildman–Crippen MR) is 71.0 cm³/mol. The van der Waals surface area contributed by atoms with Gasteiger partial charge in [-0.1, -0.05) is 0 Å². The van der Waals surface area contributed by atoms with Gasteiger partial charge in [0.15, 0.2) is 0 Å². The molecule has 1 saturated heterocycles. The largest absolute Gasteiger partial charge is 0.359 e. The van der Waals surface area contributed by atoms with Crippen LogP contribution in [0.3, 0.4) is 0 Å². The minimum Gasteiger partial charge on any atom is -0.359 e. The average Bonchev–Trinajstić information content (AvgIpc) is 2.87. The highest BCUT2D eigenvalue weighted by atomic mass is 79.9. The minimum atomic E-state index is -0.0213. The van der Waals surface area contributed by atoms with E-state index >= 15 is 0 Å². The molecule has 1 aliphatic heterocycles. The lowest BCUT2D eigenvalue weighted by molar-refractivity contribution is -0.123. The zero-order chi connectivity index (χ0) is 13.1. The fourth-order valence-electron chi connectivity index (χ4n) is 2.14. The van der Waals surface area contributed by atoms with Gasteiger partial charge in [-0.05, 0) is 28.4 Å². The number of hydrogen-bond acceptors (Lipinski definition) is 4. The fraction of sp³-hybridized carbons (Fsp3) is 0.417. The summed E-state index contributed by atoms with van der Waals surface area (Å²) < 4.78 is 0.782. The number of nitriles is 1. The van der Waals surface area contributed by atoms with Gasteiger partial charge in [-0.25, -0.2) is 4.98 Å². The Bertz CT molecular complexity index is 511. The standard InChI is InChI=1S/C12H13BrN4O/c1-15-12(18)8-2-3-17(7-8)11-9(5-14)4-10(13)6-16-11/h4,6,8H,2-3,7H2,1H3,(H,15,18). The maximum atomic E-state index is 11.6. The Morgan fingerprint density at radius 1 is 1.72 bits per heavy atom. The zero-order valence-electron chi connectivity index (χ0n) is 9.98. The Morgan fingerprint density at radius 2 is 2.50 bits per heavy atom. The van der Waals surface area contributed by atoms with Crippen molar-refractivity contribution in [3.8, 4) is 6.07 Å². The van der Waals surface area contributed by atoms with Gasteiger partial charge < -0.3 is 10.2 Å².